The zero-order valence-electron chi connectivity index (χ0n) is 3.85. The number of nitrogens with zero attached hydrogens (tertiary/aromatic N) is 1. The average Bonchev–Trinajstić information content (AvgIpc) is 2.14. The number of alkyl halides is 1. The molecule has 0 unspecified atom stereocenters. The van der Waals surface area contributed by atoms with Crippen LogP contribution >= 0.6 is 35.4 Å². The van der Waals surface area contributed by atoms with Gasteiger partial charge < -0.3 is 0 Å². The van der Waals surface area contributed by atoms with E-state index in [4.69, 9.17) is 23.8 Å². The van der Waals surface area contributed by atoms with Gasteiger partial charge in [0.2, 0.25) is 0 Å². The second-order valence-electron chi connectivity index (χ2n) is 1.16. The van der Waals surface area contributed by atoms with Gasteiger partial charge in [-0.2, -0.15) is 0 Å². The third-order valence-corrected chi connectivity index (χ3v) is 1.81. The van der Waals surface area contributed by atoms with Crippen molar-refractivity contribution < 1.29 is 0 Å². The number of nitrogens with one attached hydrogen (secondary N) is 1. The summed E-state index contributed by atoms with van der Waals surface area (Å²) in [5.74, 6) is 1.16. The Morgan fingerprint density at radius 1 is 1.88 bits per heavy atom. The van der Waals surface area contributed by atoms with Gasteiger partial charge in [0.05, 0.1) is 5.88 Å². The molecule has 0 bridgehead atoms. The number of aromatic amines is 1. The van der Waals surface area contributed by atoms with Crippen molar-refractivity contribution in [3.05, 3.63) is 9.78 Å². The fourth-order valence-electron chi connectivity index (χ4n) is 0.316. The van der Waals surface area contributed by atoms with Crippen LogP contribution in [0.15, 0.2) is 0 Å². The van der Waals surface area contributed by atoms with Gasteiger partial charge in [-0.05, 0) is 23.8 Å². The normalized spacial score (nSPS) is 9.62. The molecule has 1 rings (SSSR count). The molecule has 8 heavy (non-hydrogen) atoms. The minimum Gasteiger partial charge on any atom is -0.296 e. The summed E-state index contributed by atoms with van der Waals surface area (Å²) in [5, 5.41) is 0. The van der Waals surface area contributed by atoms with E-state index in [-0.39, 0.29) is 0 Å². The maximum Gasteiger partial charge on any atom is 0.198 e. The number of hydrogen-bond acceptors (Lipinski definition) is 3. The molecule has 0 fully saturated rings. The van der Waals surface area contributed by atoms with E-state index in [2.05, 4.69) is 9.36 Å². The Bertz CT molecular complexity index is 215. The molecule has 1 aromatic rings. The van der Waals surface area contributed by atoms with Crippen LogP contribution in [0.25, 0.3) is 0 Å². The van der Waals surface area contributed by atoms with Crippen molar-refractivity contribution in [3.8, 4) is 0 Å². The summed E-state index contributed by atoms with van der Waals surface area (Å²) in [4.78, 5) is 3.88. The Labute approximate surface area is 60.7 Å². The Kier molecular flexibility index (Phi) is 1.99. The highest BCUT2D eigenvalue weighted by Gasteiger charge is 1.89. The number of H-pyrrole nitrogens is 1. The fourth-order valence-corrected chi connectivity index (χ4v) is 1.24. The summed E-state index contributed by atoms with van der Waals surface area (Å²) >= 11 is 11.4. The third kappa shape index (κ3) is 1.27. The quantitative estimate of drug-likeness (QED) is 0.510. The second-order valence-corrected chi connectivity index (χ2v) is 2.87. The van der Waals surface area contributed by atoms with Gasteiger partial charge in [-0.25, -0.2) is 4.98 Å². The molecule has 2 nitrogen and oxygen atoms in total. The first-order valence-corrected chi connectivity index (χ1v) is 3.69. The van der Waals surface area contributed by atoms with Crippen LogP contribution in [0.5, 0.6) is 0 Å². The van der Waals surface area contributed by atoms with E-state index in [0.29, 0.717) is 9.83 Å². The lowest BCUT2D eigenvalue weighted by molar-refractivity contribution is 1.12. The Hall–Kier alpha value is 0.0700. The van der Waals surface area contributed by atoms with Crippen molar-refractivity contribution in [1.29, 1.82) is 0 Å². The SMILES string of the molecule is S=c1nc(CCl)[nH]s1. The smallest absolute Gasteiger partial charge is 0.198 e. The summed E-state index contributed by atoms with van der Waals surface area (Å²) in [6.45, 7) is 0. The molecule has 1 aromatic heterocycles. The third-order valence-electron chi connectivity index (χ3n) is 0.609. The molecular weight excluding hydrogens is 164 g/mol. The minimum absolute atomic E-state index is 0.410. The molecule has 1 heterocycles. The monoisotopic (exact) mass is 166 g/mol. The van der Waals surface area contributed by atoms with Crippen LogP contribution in [0, 0.1) is 3.95 Å². The van der Waals surface area contributed by atoms with Crippen LogP contribution < -0.4 is 0 Å². The van der Waals surface area contributed by atoms with Crippen LogP contribution in [0.4, 0.5) is 0 Å². The summed E-state index contributed by atoms with van der Waals surface area (Å²) < 4.78 is 3.46. The highest BCUT2D eigenvalue weighted by Crippen LogP contribution is 1.99. The highest BCUT2D eigenvalue weighted by atomic mass is 35.5. The van der Waals surface area contributed by atoms with Crippen molar-refractivity contribution >= 4 is 35.4 Å². The van der Waals surface area contributed by atoms with E-state index in [9.17, 15) is 0 Å². The topological polar surface area (TPSA) is 28.7 Å². The van der Waals surface area contributed by atoms with Gasteiger partial charge in [-0.1, -0.05) is 0 Å². The van der Waals surface area contributed by atoms with E-state index in [1.165, 1.54) is 11.5 Å². The molecule has 0 aromatic carbocycles. The first-order valence-electron chi connectivity index (χ1n) is 1.93. The zero-order valence-corrected chi connectivity index (χ0v) is 6.24. The molecule has 44 valence electrons. The molecule has 0 saturated heterocycles. The standard InChI is InChI=1S/C3H3ClN2S2/c4-1-2-5-3(7)8-6-2/h1H2,(H,5,6,7). The summed E-state index contributed by atoms with van der Waals surface area (Å²) in [6, 6.07) is 0. The average molecular weight is 167 g/mol. The van der Waals surface area contributed by atoms with Gasteiger partial charge in [0.25, 0.3) is 0 Å². The molecule has 5 heteroatoms. The van der Waals surface area contributed by atoms with Crippen molar-refractivity contribution in [2.75, 3.05) is 0 Å². The zero-order chi connectivity index (χ0) is 5.98. The van der Waals surface area contributed by atoms with Gasteiger partial charge in [-0.3, -0.25) is 4.37 Å². The maximum atomic E-state index is 5.41. The largest absolute Gasteiger partial charge is 0.296 e. The fraction of sp³-hybridized carbons (Fsp3) is 0.333. The number of halogens is 1. The van der Waals surface area contributed by atoms with Crippen molar-refractivity contribution in [2.24, 2.45) is 0 Å². The maximum absolute atomic E-state index is 5.41. The Balaban J connectivity index is 3.01. The molecule has 0 saturated carbocycles. The molecule has 1 N–H and O–H groups in total. The molecule has 0 aliphatic rings. The lowest BCUT2D eigenvalue weighted by Crippen LogP contribution is -1.76. The molecule has 0 atom stereocenters. The lowest BCUT2D eigenvalue weighted by Gasteiger charge is -1.76. The van der Waals surface area contributed by atoms with Crippen LogP contribution in [-0.4, -0.2) is 9.36 Å². The van der Waals surface area contributed by atoms with E-state index in [0.717, 1.165) is 5.82 Å². The Morgan fingerprint density at radius 3 is 2.88 bits per heavy atom. The first-order chi connectivity index (χ1) is 3.83. The van der Waals surface area contributed by atoms with Gasteiger partial charge in [0.15, 0.2) is 3.95 Å². The van der Waals surface area contributed by atoms with Gasteiger partial charge in [0, 0.05) is 0 Å². The van der Waals surface area contributed by atoms with Crippen LogP contribution in [0.1, 0.15) is 5.82 Å². The number of rotatable bonds is 1. The molecule has 0 radical (unpaired) electrons. The molecule has 0 amide bonds. The van der Waals surface area contributed by atoms with Gasteiger partial charge in [0.1, 0.15) is 5.82 Å². The van der Waals surface area contributed by atoms with E-state index >= 15 is 0 Å². The van der Waals surface area contributed by atoms with E-state index < -0.39 is 0 Å². The first kappa shape index (κ1) is 6.19. The Morgan fingerprint density at radius 2 is 2.62 bits per heavy atom. The highest BCUT2D eigenvalue weighted by molar-refractivity contribution is 7.73. The molecule has 0 spiro atoms. The van der Waals surface area contributed by atoms with Crippen LogP contribution in [0.3, 0.4) is 0 Å². The van der Waals surface area contributed by atoms with Crippen LogP contribution in [0.2, 0.25) is 0 Å². The van der Waals surface area contributed by atoms with Gasteiger partial charge >= 0.3 is 0 Å². The van der Waals surface area contributed by atoms with Crippen molar-refractivity contribution in [1.82, 2.24) is 9.36 Å². The second kappa shape index (κ2) is 2.57. The number of aromatic nitrogens is 2. The van der Waals surface area contributed by atoms with Gasteiger partial charge in [-0.15, -0.1) is 11.6 Å². The summed E-state index contributed by atoms with van der Waals surface area (Å²) in [7, 11) is 0. The molecular formula is C3H3ClN2S2. The molecule has 0 aliphatic heterocycles. The van der Waals surface area contributed by atoms with Crippen molar-refractivity contribution in [2.45, 2.75) is 5.88 Å². The van der Waals surface area contributed by atoms with Crippen LogP contribution in [-0.2, 0) is 5.88 Å². The van der Waals surface area contributed by atoms with E-state index in [1.807, 2.05) is 0 Å². The predicted molar refractivity (Wildman–Crippen MR) is 36.9 cm³/mol. The van der Waals surface area contributed by atoms with E-state index in [1.54, 1.807) is 0 Å². The lowest BCUT2D eigenvalue weighted by atomic mass is 10.7. The minimum atomic E-state index is 0.410. The molecule has 0 aliphatic carbocycles. The predicted octanol–water partition coefficient (Wildman–Crippen LogP) is 1.94. The summed E-state index contributed by atoms with van der Waals surface area (Å²) in [5.41, 5.74) is 0. The summed E-state index contributed by atoms with van der Waals surface area (Å²) in [6.07, 6.45) is 0. The van der Waals surface area contributed by atoms with Crippen molar-refractivity contribution in [3.63, 3.8) is 0 Å². The number of hydrogen-bond donors (Lipinski definition) is 1.